The van der Waals surface area contributed by atoms with Crippen LogP contribution in [0.25, 0.3) is 0 Å². The summed E-state index contributed by atoms with van der Waals surface area (Å²) >= 11 is 0. The van der Waals surface area contributed by atoms with E-state index in [-0.39, 0.29) is 36.9 Å². The predicted octanol–water partition coefficient (Wildman–Crippen LogP) is 1.82. The molecule has 1 aromatic rings. The van der Waals surface area contributed by atoms with E-state index in [9.17, 15) is 18.5 Å². The second kappa shape index (κ2) is 8.19. The molecule has 0 saturated carbocycles. The first-order chi connectivity index (χ1) is 11.4. The SMILES string of the molecule is N#CCCN(CC1CCCO1)S(=O)(=O)Cc1ccccc1[N+](=O)[O-]. The number of rotatable bonds is 8. The minimum absolute atomic E-state index is 0.0549. The minimum Gasteiger partial charge on any atom is -0.377 e. The average molecular weight is 353 g/mol. The Bertz CT molecular complexity index is 723. The summed E-state index contributed by atoms with van der Waals surface area (Å²) in [5.74, 6) is -0.470. The maximum absolute atomic E-state index is 12.7. The fourth-order valence-electron chi connectivity index (χ4n) is 2.63. The number of para-hydroxylation sites is 1. The molecule has 1 aliphatic heterocycles. The molecule has 1 unspecified atom stereocenters. The molecular formula is C15H19N3O5S. The van der Waals surface area contributed by atoms with E-state index in [1.165, 1.54) is 22.5 Å². The number of nitro groups is 1. The third-order valence-corrected chi connectivity index (χ3v) is 5.62. The van der Waals surface area contributed by atoms with Crippen LogP contribution in [0.5, 0.6) is 0 Å². The number of benzene rings is 1. The van der Waals surface area contributed by atoms with Crippen molar-refractivity contribution in [1.29, 1.82) is 5.26 Å². The lowest BCUT2D eigenvalue weighted by atomic mass is 10.2. The topological polar surface area (TPSA) is 114 Å². The maximum Gasteiger partial charge on any atom is 0.273 e. The van der Waals surface area contributed by atoms with E-state index in [0.717, 1.165) is 12.8 Å². The molecule has 8 nitrogen and oxygen atoms in total. The average Bonchev–Trinajstić information content (AvgIpc) is 3.04. The molecule has 24 heavy (non-hydrogen) atoms. The van der Waals surface area contributed by atoms with Gasteiger partial charge < -0.3 is 4.74 Å². The van der Waals surface area contributed by atoms with Crippen LogP contribution < -0.4 is 0 Å². The van der Waals surface area contributed by atoms with E-state index in [0.29, 0.717) is 6.61 Å². The van der Waals surface area contributed by atoms with E-state index in [1.54, 1.807) is 6.07 Å². The Morgan fingerprint density at radius 3 is 2.79 bits per heavy atom. The number of nitro benzene ring substituents is 1. The number of ether oxygens (including phenoxy) is 1. The normalized spacial score (nSPS) is 17.8. The molecule has 0 N–H and O–H groups in total. The van der Waals surface area contributed by atoms with Crippen molar-refractivity contribution in [2.45, 2.75) is 31.1 Å². The molecule has 0 amide bonds. The zero-order valence-electron chi connectivity index (χ0n) is 13.1. The van der Waals surface area contributed by atoms with Gasteiger partial charge in [-0.25, -0.2) is 8.42 Å². The Kier molecular flexibility index (Phi) is 6.25. The largest absolute Gasteiger partial charge is 0.377 e. The summed E-state index contributed by atoms with van der Waals surface area (Å²) in [6, 6.07) is 7.71. The van der Waals surface area contributed by atoms with Gasteiger partial charge in [-0.3, -0.25) is 10.1 Å². The summed E-state index contributed by atoms with van der Waals surface area (Å²) in [4.78, 5) is 10.5. The van der Waals surface area contributed by atoms with Crippen LogP contribution in [0.3, 0.4) is 0 Å². The van der Waals surface area contributed by atoms with Crippen molar-refractivity contribution in [1.82, 2.24) is 4.31 Å². The van der Waals surface area contributed by atoms with Gasteiger partial charge in [-0.05, 0) is 12.8 Å². The highest BCUT2D eigenvalue weighted by molar-refractivity contribution is 7.88. The van der Waals surface area contributed by atoms with E-state index in [2.05, 4.69) is 0 Å². The van der Waals surface area contributed by atoms with Crippen molar-refractivity contribution in [3.63, 3.8) is 0 Å². The molecule has 1 heterocycles. The molecule has 2 rings (SSSR count). The molecule has 0 spiro atoms. The van der Waals surface area contributed by atoms with Gasteiger partial charge >= 0.3 is 0 Å². The highest BCUT2D eigenvalue weighted by Gasteiger charge is 2.29. The molecule has 0 aromatic heterocycles. The van der Waals surface area contributed by atoms with Crippen molar-refractivity contribution in [2.24, 2.45) is 0 Å². The summed E-state index contributed by atoms with van der Waals surface area (Å²) in [6.07, 6.45) is 1.51. The summed E-state index contributed by atoms with van der Waals surface area (Å²) in [5.41, 5.74) is -0.0878. The second-order valence-corrected chi connectivity index (χ2v) is 7.51. The van der Waals surface area contributed by atoms with Gasteiger partial charge in [-0.15, -0.1) is 0 Å². The Morgan fingerprint density at radius 2 is 2.17 bits per heavy atom. The molecular weight excluding hydrogens is 334 g/mol. The molecule has 9 heteroatoms. The Morgan fingerprint density at radius 1 is 1.42 bits per heavy atom. The molecule has 130 valence electrons. The van der Waals surface area contributed by atoms with Gasteiger partial charge in [0, 0.05) is 37.7 Å². The van der Waals surface area contributed by atoms with Gasteiger partial charge in [0.1, 0.15) is 0 Å². The quantitative estimate of drug-likeness (QED) is 0.520. The van der Waals surface area contributed by atoms with Crippen LogP contribution in [0.15, 0.2) is 24.3 Å². The van der Waals surface area contributed by atoms with Crippen LogP contribution in [0.4, 0.5) is 5.69 Å². The third kappa shape index (κ3) is 4.74. The lowest BCUT2D eigenvalue weighted by Gasteiger charge is -2.24. The molecule has 1 atom stereocenters. The molecule has 0 aliphatic carbocycles. The van der Waals surface area contributed by atoms with Gasteiger partial charge in [-0.1, -0.05) is 18.2 Å². The first kappa shape index (κ1) is 18.3. The van der Waals surface area contributed by atoms with Crippen molar-refractivity contribution < 1.29 is 18.1 Å². The van der Waals surface area contributed by atoms with Gasteiger partial charge in [0.15, 0.2) is 0 Å². The van der Waals surface area contributed by atoms with Crippen molar-refractivity contribution >= 4 is 15.7 Å². The zero-order chi connectivity index (χ0) is 17.6. The monoisotopic (exact) mass is 353 g/mol. The summed E-state index contributed by atoms with van der Waals surface area (Å²) < 4.78 is 32.1. The van der Waals surface area contributed by atoms with Crippen LogP contribution in [0.2, 0.25) is 0 Å². The molecule has 1 aromatic carbocycles. The summed E-state index contributed by atoms with van der Waals surface area (Å²) in [6.45, 7) is 0.824. The van der Waals surface area contributed by atoms with E-state index >= 15 is 0 Å². The molecule has 0 radical (unpaired) electrons. The Hall–Kier alpha value is -2.02. The fourth-order valence-corrected chi connectivity index (χ4v) is 4.22. The Balaban J connectivity index is 2.20. The number of hydrogen-bond donors (Lipinski definition) is 0. The second-order valence-electron chi connectivity index (χ2n) is 5.54. The number of nitrogens with zero attached hydrogens (tertiary/aromatic N) is 3. The smallest absolute Gasteiger partial charge is 0.273 e. The zero-order valence-corrected chi connectivity index (χ0v) is 13.9. The van der Waals surface area contributed by atoms with Crippen LogP contribution >= 0.6 is 0 Å². The van der Waals surface area contributed by atoms with Gasteiger partial charge in [0.2, 0.25) is 10.0 Å². The van der Waals surface area contributed by atoms with Gasteiger partial charge in [0.25, 0.3) is 5.69 Å². The molecule has 1 fully saturated rings. The molecule has 1 aliphatic rings. The van der Waals surface area contributed by atoms with E-state index < -0.39 is 20.7 Å². The fraction of sp³-hybridized carbons (Fsp3) is 0.533. The highest BCUT2D eigenvalue weighted by Crippen LogP contribution is 2.23. The third-order valence-electron chi connectivity index (χ3n) is 3.82. The van der Waals surface area contributed by atoms with Crippen LogP contribution in [0, 0.1) is 21.4 Å². The van der Waals surface area contributed by atoms with E-state index in [4.69, 9.17) is 10.00 Å². The van der Waals surface area contributed by atoms with Crippen LogP contribution in [-0.4, -0.2) is 43.4 Å². The lowest BCUT2D eigenvalue weighted by molar-refractivity contribution is -0.385. The van der Waals surface area contributed by atoms with Crippen molar-refractivity contribution in [2.75, 3.05) is 19.7 Å². The van der Waals surface area contributed by atoms with Gasteiger partial charge in [0.05, 0.1) is 22.8 Å². The van der Waals surface area contributed by atoms with Crippen LogP contribution in [0.1, 0.15) is 24.8 Å². The number of nitriles is 1. The first-order valence-corrected chi connectivity index (χ1v) is 9.23. The van der Waals surface area contributed by atoms with Crippen molar-refractivity contribution in [3.05, 3.63) is 39.9 Å². The maximum atomic E-state index is 12.7. The van der Waals surface area contributed by atoms with E-state index in [1.807, 2.05) is 6.07 Å². The predicted molar refractivity (Wildman–Crippen MR) is 86.5 cm³/mol. The number of hydrogen-bond acceptors (Lipinski definition) is 6. The van der Waals surface area contributed by atoms with Crippen LogP contribution in [-0.2, 0) is 20.5 Å². The standard InChI is InChI=1S/C15H19N3O5S/c16-8-4-9-17(11-14-6-3-10-23-14)24(21,22)12-13-5-1-2-7-15(13)18(19)20/h1-2,5,7,14H,3-4,6,9-12H2. The summed E-state index contributed by atoms with van der Waals surface area (Å²) in [5, 5.41) is 19.8. The minimum atomic E-state index is -3.79. The number of sulfonamides is 1. The first-order valence-electron chi connectivity index (χ1n) is 7.62. The highest BCUT2D eigenvalue weighted by atomic mass is 32.2. The molecule has 1 saturated heterocycles. The lowest BCUT2D eigenvalue weighted by Crippen LogP contribution is -2.38. The van der Waals surface area contributed by atoms with Crippen molar-refractivity contribution in [3.8, 4) is 6.07 Å². The molecule has 0 bridgehead atoms. The van der Waals surface area contributed by atoms with Gasteiger partial charge in [-0.2, -0.15) is 9.57 Å². The Labute approximate surface area is 140 Å². The summed E-state index contributed by atoms with van der Waals surface area (Å²) in [7, 11) is -3.79.